The monoisotopic (exact) mass is 292 g/mol. The Bertz CT molecular complexity index is 554. The number of methoxy groups -OCH3 is 1. The maximum absolute atomic E-state index is 5.61. The molecule has 5 heteroatoms. The Morgan fingerprint density at radius 2 is 1.95 bits per heavy atom. The molecule has 0 spiro atoms. The lowest BCUT2D eigenvalue weighted by atomic mass is 10.1. The van der Waals surface area contributed by atoms with Crippen LogP contribution >= 0.6 is 11.8 Å². The quantitative estimate of drug-likeness (QED) is 0.798. The van der Waals surface area contributed by atoms with Crippen LogP contribution in [0.4, 0.5) is 0 Å². The van der Waals surface area contributed by atoms with E-state index in [1.54, 1.807) is 18.9 Å². The zero-order valence-electron chi connectivity index (χ0n) is 12.3. The molecule has 0 aliphatic heterocycles. The zero-order valence-corrected chi connectivity index (χ0v) is 13.1. The Kier molecular flexibility index (Phi) is 5.06. The molecular weight excluding hydrogens is 272 g/mol. The number of hydrogen-bond donors (Lipinski definition) is 0. The highest BCUT2D eigenvalue weighted by Gasteiger charge is 2.14. The van der Waals surface area contributed by atoms with Gasteiger partial charge in [-0.2, -0.15) is 0 Å². The van der Waals surface area contributed by atoms with Gasteiger partial charge in [0.1, 0.15) is 5.75 Å². The smallest absolute Gasteiger partial charge is 0.226 e. The van der Waals surface area contributed by atoms with Gasteiger partial charge in [0, 0.05) is 16.7 Å². The molecule has 20 heavy (non-hydrogen) atoms. The van der Waals surface area contributed by atoms with Crippen LogP contribution in [-0.4, -0.2) is 17.3 Å². The van der Waals surface area contributed by atoms with Crippen molar-refractivity contribution in [1.29, 1.82) is 0 Å². The lowest BCUT2D eigenvalue weighted by Gasteiger charge is -2.14. The van der Waals surface area contributed by atoms with E-state index in [0.29, 0.717) is 22.8 Å². The van der Waals surface area contributed by atoms with Crippen LogP contribution < -0.4 is 4.74 Å². The number of rotatable bonds is 6. The third kappa shape index (κ3) is 3.54. The van der Waals surface area contributed by atoms with Crippen LogP contribution in [0.3, 0.4) is 0 Å². The average molecular weight is 292 g/mol. The van der Waals surface area contributed by atoms with E-state index in [4.69, 9.17) is 9.15 Å². The Morgan fingerprint density at radius 3 is 2.60 bits per heavy atom. The van der Waals surface area contributed by atoms with Gasteiger partial charge in [0.15, 0.2) is 0 Å². The molecule has 0 saturated heterocycles. The van der Waals surface area contributed by atoms with E-state index in [1.165, 1.54) is 5.56 Å². The van der Waals surface area contributed by atoms with Crippen molar-refractivity contribution in [2.45, 2.75) is 37.7 Å². The lowest BCUT2D eigenvalue weighted by molar-refractivity contribution is 0.410. The van der Waals surface area contributed by atoms with Gasteiger partial charge in [-0.05, 0) is 13.0 Å². The summed E-state index contributed by atoms with van der Waals surface area (Å²) in [5, 5.41) is 8.43. The molecule has 2 aromatic rings. The highest BCUT2D eigenvalue weighted by molar-refractivity contribution is 7.98. The van der Waals surface area contributed by atoms with Crippen LogP contribution in [0.5, 0.6) is 5.75 Å². The predicted octanol–water partition coefficient (Wildman–Crippen LogP) is 4.20. The minimum absolute atomic E-state index is 0.271. The van der Waals surface area contributed by atoms with Crippen LogP contribution in [-0.2, 0) is 5.75 Å². The zero-order chi connectivity index (χ0) is 14.5. The van der Waals surface area contributed by atoms with Gasteiger partial charge in [-0.25, -0.2) is 0 Å². The van der Waals surface area contributed by atoms with Crippen LogP contribution in [0.15, 0.2) is 28.7 Å². The molecule has 0 radical (unpaired) electrons. The first-order valence-electron chi connectivity index (χ1n) is 6.68. The van der Waals surface area contributed by atoms with Crippen molar-refractivity contribution in [2.75, 3.05) is 7.11 Å². The standard InChI is InChI=1S/C15H20N2O2S/c1-10(2)15-17-16-14(19-15)9-20-11(3)12-7-5-6-8-13(12)18-4/h5-8,10-11H,9H2,1-4H3/t11-/m1/s1. The molecule has 0 fully saturated rings. The summed E-state index contributed by atoms with van der Waals surface area (Å²) in [6.07, 6.45) is 0. The number of aromatic nitrogens is 2. The third-order valence-corrected chi connectivity index (χ3v) is 4.18. The second-order valence-corrected chi connectivity index (χ2v) is 6.21. The van der Waals surface area contributed by atoms with E-state index in [9.17, 15) is 0 Å². The maximum atomic E-state index is 5.61. The number of benzene rings is 1. The summed E-state index contributed by atoms with van der Waals surface area (Å²) >= 11 is 1.76. The minimum Gasteiger partial charge on any atom is -0.496 e. The SMILES string of the molecule is COc1ccccc1[C@@H](C)SCc1nnc(C(C)C)o1. The van der Waals surface area contributed by atoms with Gasteiger partial charge in [-0.15, -0.1) is 22.0 Å². The number of para-hydroxylation sites is 1. The molecule has 0 amide bonds. The summed E-state index contributed by atoms with van der Waals surface area (Å²) in [5.74, 6) is 3.28. The molecule has 0 N–H and O–H groups in total. The largest absolute Gasteiger partial charge is 0.496 e. The highest BCUT2D eigenvalue weighted by Crippen LogP contribution is 2.36. The number of thioether (sulfide) groups is 1. The van der Waals surface area contributed by atoms with Crippen LogP contribution in [0, 0.1) is 0 Å². The van der Waals surface area contributed by atoms with Crippen molar-refractivity contribution in [1.82, 2.24) is 10.2 Å². The molecule has 1 aromatic heterocycles. The van der Waals surface area contributed by atoms with Crippen molar-refractivity contribution >= 4 is 11.8 Å². The normalized spacial score (nSPS) is 12.7. The summed E-state index contributed by atoms with van der Waals surface area (Å²) in [6.45, 7) is 6.24. The second-order valence-electron chi connectivity index (χ2n) is 4.88. The van der Waals surface area contributed by atoms with Crippen molar-refractivity contribution in [3.8, 4) is 5.75 Å². The first kappa shape index (κ1) is 14.9. The molecule has 2 rings (SSSR count). The van der Waals surface area contributed by atoms with E-state index < -0.39 is 0 Å². The van der Waals surface area contributed by atoms with Crippen molar-refractivity contribution in [3.05, 3.63) is 41.6 Å². The Hall–Kier alpha value is -1.49. The van der Waals surface area contributed by atoms with Gasteiger partial charge in [0.25, 0.3) is 0 Å². The van der Waals surface area contributed by atoms with E-state index in [2.05, 4.69) is 23.2 Å². The molecule has 1 aromatic carbocycles. The van der Waals surface area contributed by atoms with Crippen molar-refractivity contribution < 1.29 is 9.15 Å². The van der Waals surface area contributed by atoms with Crippen LogP contribution in [0.1, 0.15) is 49.3 Å². The van der Waals surface area contributed by atoms with Gasteiger partial charge in [-0.1, -0.05) is 32.0 Å². The molecule has 0 aliphatic carbocycles. The molecule has 108 valence electrons. The van der Waals surface area contributed by atoms with Crippen molar-refractivity contribution in [2.24, 2.45) is 0 Å². The average Bonchev–Trinajstić information content (AvgIpc) is 2.94. The summed E-state index contributed by atoms with van der Waals surface area (Å²) in [4.78, 5) is 0. The summed E-state index contributed by atoms with van der Waals surface area (Å²) in [7, 11) is 1.70. The molecule has 1 heterocycles. The fourth-order valence-corrected chi connectivity index (χ4v) is 2.73. The summed E-state index contributed by atoms with van der Waals surface area (Å²) < 4.78 is 11.0. The first-order valence-corrected chi connectivity index (χ1v) is 7.73. The highest BCUT2D eigenvalue weighted by atomic mass is 32.2. The fraction of sp³-hybridized carbons (Fsp3) is 0.467. The van der Waals surface area contributed by atoms with Gasteiger partial charge in [0.05, 0.1) is 12.9 Å². The van der Waals surface area contributed by atoms with Gasteiger partial charge in [-0.3, -0.25) is 0 Å². The van der Waals surface area contributed by atoms with Crippen molar-refractivity contribution in [3.63, 3.8) is 0 Å². The third-order valence-electron chi connectivity index (χ3n) is 3.01. The summed E-state index contributed by atoms with van der Waals surface area (Å²) in [6, 6.07) is 8.07. The molecular formula is C15H20N2O2S. The number of ether oxygens (including phenoxy) is 1. The molecule has 0 saturated carbocycles. The first-order chi connectivity index (χ1) is 9.61. The van der Waals surface area contributed by atoms with E-state index >= 15 is 0 Å². The number of nitrogens with zero attached hydrogens (tertiary/aromatic N) is 2. The Labute approximate surface area is 123 Å². The van der Waals surface area contributed by atoms with E-state index in [0.717, 1.165) is 5.75 Å². The van der Waals surface area contributed by atoms with Gasteiger partial charge < -0.3 is 9.15 Å². The number of hydrogen-bond acceptors (Lipinski definition) is 5. The molecule has 1 atom stereocenters. The predicted molar refractivity (Wildman–Crippen MR) is 81.1 cm³/mol. The molecule has 0 bridgehead atoms. The molecule has 0 unspecified atom stereocenters. The minimum atomic E-state index is 0.271. The topological polar surface area (TPSA) is 48.2 Å². The van der Waals surface area contributed by atoms with Crippen LogP contribution in [0.25, 0.3) is 0 Å². The molecule has 0 aliphatic rings. The Morgan fingerprint density at radius 1 is 1.20 bits per heavy atom. The summed E-state index contributed by atoms with van der Waals surface area (Å²) in [5.41, 5.74) is 1.18. The van der Waals surface area contributed by atoms with E-state index in [1.807, 2.05) is 32.0 Å². The Balaban J connectivity index is 1.99. The van der Waals surface area contributed by atoms with Gasteiger partial charge in [0.2, 0.25) is 11.8 Å². The lowest BCUT2D eigenvalue weighted by Crippen LogP contribution is -1.95. The van der Waals surface area contributed by atoms with E-state index in [-0.39, 0.29) is 5.92 Å². The fourth-order valence-electron chi connectivity index (χ4n) is 1.85. The van der Waals surface area contributed by atoms with Crippen LogP contribution in [0.2, 0.25) is 0 Å². The maximum Gasteiger partial charge on any atom is 0.226 e. The molecule has 4 nitrogen and oxygen atoms in total. The second kappa shape index (κ2) is 6.79. The van der Waals surface area contributed by atoms with Gasteiger partial charge >= 0.3 is 0 Å².